The van der Waals surface area contributed by atoms with Crippen molar-refractivity contribution in [2.24, 2.45) is 0 Å². The van der Waals surface area contributed by atoms with Crippen LogP contribution in [0.3, 0.4) is 0 Å². The summed E-state index contributed by atoms with van der Waals surface area (Å²) in [6, 6.07) is 13.0. The number of amides is 1. The summed E-state index contributed by atoms with van der Waals surface area (Å²) in [5.41, 5.74) is 4.37. The van der Waals surface area contributed by atoms with E-state index in [1.807, 2.05) is 19.1 Å². The normalized spacial score (nSPS) is 15.5. The van der Waals surface area contributed by atoms with Crippen molar-refractivity contribution < 1.29 is 13.9 Å². The molecule has 0 fully saturated rings. The zero-order chi connectivity index (χ0) is 20.2. The SMILES string of the molecule is Cc1cc2c(c(-c3cnccn3)c1)O[C@H](CNC(=O)/C(F)=C/c1ccccc1)C2. The van der Waals surface area contributed by atoms with E-state index in [4.69, 9.17) is 4.74 Å². The third-order valence-electron chi connectivity index (χ3n) is 4.68. The summed E-state index contributed by atoms with van der Waals surface area (Å²) in [7, 11) is 0. The van der Waals surface area contributed by atoms with Gasteiger partial charge in [0, 0.05) is 24.4 Å². The predicted molar refractivity (Wildman–Crippen MR) is 109 cm³/mol. The number of benzene rings is 2. The van der Waals surface area contributed by atoms with Crippen molar-refractivity contribution in [3.63, 3.8) is 0 Å². The average Bonchev–Trinajstić information content (AvgIpc) is 3.15. The maximum atomic E-state index is 14.2. The summed E-state index contributed by atoms with van der Waals surface area (Å²) < 4.78 is 20.2. The van der Waals surface area contributed by atoms with E-state index in [2.05, 4.69) is 21.4 Å². The van der Waals surface area contributed by atoms with Crippen LogP contribution in [0.4, 0.5) is 4.39 Å². The van der Waals surface area contributed by atoms with Crippen molar-refractivity contribution >= 4 is 12.0 Å². The van der Waals surface area contributed by atoms with Gasteiger partial charge in [0.2, 0.25) is 0 Å². The van der Waals surface area contributed by atoms with Crippen LogP contribution >= 0.6 is 0 Å². The molecule has 1 aliphatic rings. The van der Waals surface area contributed by atoms with Crippen molar-refractivity contribution in [3.8, 4) is 17.0 Å². The van der Waals surface area contributed by atoms with Crippen LogP contribution < -0.4 is 10.1 Å². The van der Waals surface area contributed by atoms with E-state index >= 15 is 0 Å². The summed E-state index contributed by atoms with van der Waals surface area (Å²) in [5, 5.41) is 2.62. The lowest BCUT2D eigenvalue weighted by atomic mass is 10.0. The van der Waals surface area contributed by atoms with Crippen molar-refractivity contribution in [3.05, 3.63) is 83.6 Å². The van der Waals surface area contributed by atoms with E-state index < -0.39 is 11.7 Å². The molecule has 2 aromatic carbocycles. The third-order valence-corrected chi connectivity index (χ3v) is 4.68. The van der Waals surface area contributed by atoms with Crippen LogP contribution in [0.15, 0.2) is 66.9 Å². The van der Waals surface area contributed by atoms with Gasteiger partial charge in [-0.3, -0.25) is 14.8 Å². The van der Waals surface area contributed by atoms with Gasteiger partial charge in [0.25, 0.3) is 5.91 Å². The van der Waals surface area contributed by atoms with Crippen LogP contribution in [-0.2, 0) is 11.2 Å². The van der Waals surface area contributed by atoms with Gasteiger partial charge < -0.3 is 10.1 Å². The summed E-state index contributed by atoms with van der Waals surface area (Å²) in [5.74, 6) is -0.836. The number of ether oxygens (including phenoxy) is 1. The molecule has 0 unspecified atom stereocenters. The standard InChI is InChI=1S/C23H20FN3O2/c1-15-9-17-12-18(29-22(17)19(10-15)21-14-25-7-8-26-21)13-27-23(28)20(24)11-16-5-3-2-4-6-16/h2-11,14,18H,12-13H2,1H3,(H,27,28)/b20-11-/t18-/m0/s1. The van der Waals surface area contributed by atoms with Crippen molar-refractivity contribution in [2.45, 2.75) is 19.4 Å². The Hall–Kier alpha value is -3.54. The monoisotopic (exact) mass is 389 g/mol. The van der Waals surface area contributed by atoms with E-state index in [0.717, 1.165) is 28.1 Å². The number of rotatable bonds is 5. The molecule has 1 aromatic heterocycles. The van der Waals surface area contributed by atoms with Crippen LogP contribution in [0.25, 0.3) is 17.3 Å². The van der Waals surface area contributed by atoms with E-state index in [-0.39, 0.29) is 12.6 Å². The molecule has 6 heteroatoms. The first-order valence-corrected chi connectivity index (χ1v) is 9.37. The second-order valence-corrected chi connectivity index (χ2v) is 6.95. The molecule has 4 rings (SSSR count). The first kappa shape index (κ1) is 18.8. The lowest BCUT2D eigenvalue weighted by Crippen LogP contribution is -2.34. The Morgan fingerprint density at radius 3 is 2.86 bits per heavy atom. The molecule has 3 aromatic rings. The van der Waals surface area contributed by atoms with Crippen molar-refractivity contribution in [1.29, 1.82) is 0 Å². The minimum atomic E-state index is -0.831. The fourth-order valence-electron chi connectivity index (χ4n) is 3.39. The molecule has 1 N–H and O–H groups in total. The number of hydrogen-bond donors (Lipinski definition) is 1. The van der Waals surface area contributed by atoms with Crippen LogP contribution in [0.2, 0.25) is 0 Å². The first-order chi connectivity index (χ1) is 14.1. The zero-order valence-electron chi connectivity index (χ0n) is 15.9. The maximum Gasteiger partial charge on any atom is 0.280 e. The molecule has 29 heavy (non-hydrogen) atoms. The molecule has 146 valence electrons. The molecule has 1 aliphatic heterocycles. The molecule has 0 bridgehead atoms. The number of carbonyl (C=O) groups excluding carboxylic acids is 1. The molecule has 0 saturated heterocycles. The van der Waals surface area contributed by atoms with Gasteiger partial charge >= 0.3 is 0 Å². The van der Waals surface area contributed by atoms with E-state index in [1.54, 1.807) is 42.9 Å². The minimum absolute atomic E-state index is 0.211. The van der Waals surface area contributed by atoms with Crippen LogP contribution in [0, 0.1) is 6.92 Å². The Balaban J connectivity index is 1.44. The zero-order valence-corrected chi connectivity index (χ0v) is 15.9. The van der Waals surface area contributed by atoms with Gasteiger partial charge in [-0.2, -0.15) is 0 Å². The highest BCUT2D eigenvalue weighted by atomic mass is 19.1. The summed E-state index contributed by atoms with van der Waals surface area (Å²) in [4.78, 5) is 20.6. The third kappa shape index (κ3) is 4.32. The molecular formula is C23H20FN3O2. The van der Waals surface area contributed by atoms with E-state index in [0.29, 0.717) is 12.0 Å². The Labute approximate surface area is 168 Å². The van der Waals surface area contributed by atoms with Crippen LogP contribution in [-0.4, -0.2) is 28.5 Å². The molecule has 2 heterocycles. The molecular weight excluding hydrogens is 369 g/mol. The molecule has 0 aliphatic carbocycles. The molecule has 0 spiro atoms. The highest BCUT2D eigenvalue weighted by molar-refractivity contribution is 5.95. The van der Waals surface area contributed by atoms with Crippen molar-refractivity contribution in [1.82, 2.24) is 15.3 Å². The predicted octanol–water partition coefficient (Wildman–Crippen LogP) is 3.88. The summed E-state index contributed by atoms with van der Waals surface area (Å²) >= 11 is 0. The average molecular weight is 389 g/mol. The van der Waals surface area contributed by atoms with Gasteiger partial charge in [0.1, 0.15) is 11.9 Å². The Bertz CT molecular complexity index is 1050. The molecule has 1 amide bonds. The number of hydrogen-bond acceptors (Lipinski definition) is 4. The van der Waals surface area contributed by atoms with Gasteiger partial charge in [0.05, 0.1) is 18.4 Å². The first-order valence-electron chi connectivity index (χ1n) is 9.37. The molecule has 5 nitrogen and oxygen atoms in total. The van der Waals surface area contributed by atoms with Gasteiger partial charge in [-0.25, -0.2) is 4.39 Å². The van der Waals surface area contributed by atoms with Gasteiger partial charge in [-0.15, -0.1) is 0 Å². The number of nitrogens with one attached hydrogen (secondary N) is 1. The number of aryl methyl sites for hydroxylation is 1. The van der Waals surface area contributed by atoms with Crippen LogP contribution in [0.5, 0.6) is 5.75 Å². The number of halogens is 1. The lowest BCUT2D eigenvalue weighted by Gasteiger charge is -2.13. The molecule has 0 radical (unpaired) electrons. The van der Waals surface area contributed by atoms with Gasteiger partial charge in [-0.1, -0.05) is 36.4 Å². The van der Waals surface area contributed by atoms with E-state index in [1.165, 1.54) is 6.08 Å². The molecule has 0 saturated carbocycles. The van der Waals surface area contributed by atoms with Gasteiger partial charge in [0.15, 0.2) is 5.83 Å². The fourth-order valence-corrected chi connectivity index (χ4v) is 3.39. The number of aromatic nitrogens is 2. The Morgan fingerprint density at radius 1 is 1.28 bits per heavy atom. The van der Waals surface area contributed by atoms with Crippen molar-refractivity contribution in [2.75, 3.05) is 6.54 Å². The second-order valence-electron chi connectivity index (χ2n) is 6.95. The smallest absolute Gasteiger partial charge is 0.280 e. The summed E-state index contributed by atoms with van der Waals surface area (Å²) in [6.45, 7) is 2.22. The van der Waals surface area contributed by atoms with Crippen LogP contribution in [0.1, 0.15) is 16.7 Å². The van der Waals surface area contributed by atoms with Gasteiger partial charge in [-0.05, 0) is 35.8 Å². The summed E-state index contributed by atoms with van der Waals surface area (Å²) in [6.07, 6.45) is 6.53. The maximum absolute atomic E-state index is 14.2. The fraction of sp³-hybridized carbons (Fsp3) is 0.174. The number of fused-ring (bicyclic) bond motifs is 1. The number of nitrogens with zero attached hydrogens (tertiary/aromatic N) is 2. The quantitative estimate of drug-likeness (QED) is 0.673. The highest BCUT2D eigenvalue weighted by Gasteiger charge is 2.27. The number of carbonyl (C=O) groups is 1. The largest absolute Gasteiger partial charge is 0.487 e. The minimum Gasteiger partial charge on any atom is -0.487 e. The Morgan fingerprint density at radius 2 is 2.10 bits per heavy atom. The highest BCUT2D eigenvalue weighted by Crippen LogP contribution is 2.38. The lowest BCUT2D eigenvalue weighted by molar-refractivity contribution is -0.119. The second kappa shape index (κ2) is 8.22. The van der Waals surface area contributed by atoms with E-state index in [9.17, 15) is 9.18 Å². The molecule has 1 atom stereocenters. The Kier molecular flexibility index (Phi) is 5.33. The topological polar surface area (TPSA) is 64.1 Å².